The minimum absolute atomic E-state index is 0. The first-order valence-electron chi connectivity index (χ1n) is 2.77. The predicted octanol–water partition coefficient (Wildman–Crippen LogP) is -6.22. The molecule has 1 fully saturated rings. The van der Waals surface area contributed by atoms with Crippen LogP contribution in [0.2, 0.25) is 0 Å². The molecule has 7 heteroatoms. The molecule has 1 rings (SSSR count). The van der Waals surface area contributed by atoms with Crippen molar-refractivity contribution in [2.24, 2.45) is 0 Å². The van der Waals surface area contributed by atoms with Gasteiger partial charge in [0.05, 0.1) is 5.97 Å². The van der Waals surface area contributed by atoms with Gasteiger partial charge in [-0.1, -0.05) is 0 Å². The number of amides is 2. The van der Waals surface area contributed by atoms with Crippen molar-refractivity contribution in [3.05, 3.63) is 0 Å². The maximum absolute atomic E-state index is 10.6. The Bertz CT molecular complexity index is 228. The summed E-state index contributed by atoms with van der Waals surface area (Å²) in [7, 11) is 0. The van der Waals surface area contributed by atoms with Crippen molar-refractivity contribution in [3.8, 4) is 0 Å². The molecule has 0 radical (unpaired) electrons. The maximum atomic E-state index is 10.6. The Hall–Kier alpha value is -0.430. The van der Waals surface area contributed by atoms with Gasteiger partial charge in [-0.2, -0.15) is 0 Å². The largest absolute Gasteiger partial charge is 1.00 e. The van der Waals surface area contributed by atoms with E-state index in [-0.39, 0.29) is 29.6 Å². The molecule has 0 spiro atoms. The van der Waals surface area contributed by atoms with Crippen LogP contribution in [0.4, 0.5) is 0 Å². The zero-order valence-corrected chi connectivity index (χ0v) is 8.33. The van der Waals surface area contributed by atoms with E-state index in [9.17, 15) is 19.5 Å². The van der Waals surface area contributed by atoms with Gasteiger partial charge in [-0.3, -0.25) is 14.9 Å². The molecule has 1 aliphatic rings. The fourth-order valence-corrected chi connectivity index (χ4v) is 0.649. The topological polar surface area (TPSA) is 95.5 Å². The monoisotopic (exact) mass is 181 g/mol. The molecule has 1 aliphatic heterocycles. The Morgan fingerprint density at radius 3 is 2.58 bits per heavy atom. The molecule has 1 N–H and O–H groups in total. The van der Waals surface area contributed by atoms with Crippen LogP contribution in [0.3, 0.4) is 0 Å². The van der Waals surface area contributed by atoms with Gasteiger partial charge in [-0.15, -0.1) is 0 Å². The van der Waals surface area contributed by atoms with Crippen molar-refractivity contribution in [1.29, 1.82) is 0 Å². The summed E-state index contributed by atoms with van der Waals surface area (Å²) in [4.78, 5) is 31.0. The molecule has 1 heterocycles. The molecule has 60 valence electrons. The summed E-state index contributed by atoms with van der Waals surface area (Å²) < 4.78 is 4.34. The van der Waals surface area contributed by atoms with E-state index in [1.807, 2.05) is 0 Å². The van der Waals surface area contributed by atoms with Crippen molar-refractivity contribution < 1.29 is 53.8 Å². The van der Waals surface area contributed by atoms with Gasteiger partial charge in [0.2, 0.25) is 0 Å². The summed E-state index contributed by atoms with van der Waals surface area (Å²) in [6.07, 6.45) is -1.66. The first-order chi connectivity index (χ1) is 5.11. The van der Waals surface area contributed by atoms with Crippen LogP contribution in [0.1, 0.15) is 0 Å². The molecule has 6 nitrogen and oxygen atoms in total. The molecular weight excluding hydrogens is 177 g/mol. The number of rotatable bonds is 1. The Kier molecular flexibility index (Phi) is 4.40. The molecule has 0 aromatic rings. The summed E-state index contributed by atoms with van der Waals surface area (Å²) in [5.41, 5.74) is 0. The molecule has 1 unspecified atom stereocenters. The Labute approximate surface area is 89.5 Å². The number of aliphatic carboxylic acids is 1. The first-order valence-corrected chi connectivity index (χ1v) is 2.77. The van der Waals surface area contributed by atoms with Crippen LogP contribution in [0.15, 0.2) is 0 Å². The molecule has 0 aromatic carbocycles. The van der Waals surface area contributed by atoms with Crippen molar-refractivity contribution >= 4 is 17.8 Å². The van der Waals surface area contributed by atoms with Gasteiger partial charge in [0.1, 0.15) is 6.61 Å². The number of hydrogen-bond donors (Lipinski definition) is 1. The average molecular weight is 181 g/mol. The van der Waals surface area contributed by atoms with Gasteiger partial charge in [0.25, 0.3) is 11.8 Å². The van der Waals surface area contributed by atoms with Gasteiger partial charge >= 0.3 is 29.6 Å². The van der Waals surface area contributed by atoms with Crippen LogP contribution in [-0.4, -0.2) is 30.5 Å². The van der Waals surface area contributed by atoms with Gasteiger partial charge in [-0.05, 0) is 0 Å². The van der Waals surface area contributed by atoms with E-state index >= 15 is 0 Å². The fourth-order valence-electron chi connectivity index (χ4n) is 0.649. The van der Waals surface area contributed by atoms with E-state index in [4.69, 9.17) is 0 Å². The third kappa shape index (κ3) is 2.56. The van der Waals surface area contributed by atoms with E-state index in [1.165, 1.54) is 0 Å². The van der Waals surface area contributed by atoms with E-state index < -0.39 is 30.5 Å². The van der Waals surface area contributed by atoms with Gasteiger partial charge in [-0.25, -0.2) is 0 Å². The Morgan fingerprint density at radius 1 is 1.58 bits per heavy atom. The minimum Gasteiger partial charge on any atom is -0.547 e. The molecule has 0 saturated carbocycles. The molecule has 0 aliphatic carbocycles. The van der Waals surface area contributed by atoms with Crippen LogP contribution >= 0.6 is 0 Å². The average Bonchev–Trinajstić information content (AvgIpc) is 1.85. The number of carboxylic acids is 1. The third-order valence-electron chi connectivity index (χ3n) is 1.10. The predicted molar refractivity (Wildman–Crippen MR) is 27.9 cm³/mol. The third-order valence-corrected chi connectivity index (χ3v) is 1.10. The van der Waals surface area contributed by atoms with Crippen LogP contribution in [0.5, 0.6) is 0 Å². The van der Waals surface area contributed by atoms with E-state index in [0.29, 0.717) is 0 Å². The number of nitrogens with one attached hydrogen (secondary N) is 1. The summed E-state index contributed by atoms with van der Waals surface area (Å²) >= 11 is 0. The van der Waals surface area contributed by atoms with Crippen LogP contribution in [-0.2, 0) is 19.1 Å². The molecule has 0 aromatic heterocycles. The number of imide groups is 1. The smallest absolute Gasteiger partial charge is 0.547 e. The maximum Gasteiger partial charge on any atom is 1.00 e. The number of carbonyl (C=O) groups excluding carboxylic acids is 3. The number of carbonyl (C=O) groups is 3. The van der Waals surface area contributed by atoms with Crippen LogP contribution in [0, 0.1) is 0 Å². The van der Waals surface area contributed by atoms with E-state index in [0.717, 1.165) is 0 Å². The molecular formula is C5H4NNaO5. The van der Waals surface area contributed by atoms with Crippen molar-refractivity contribution in [2.75, 3.05) is 6.61 Å². The van der Waals surface area contributed by atoms with Crippen molar-refractivity contribution in [2.45, 2.75) is 6.10 Å². The Morgan fingerprint density at radius 2 is 2.17 bits per heavy atom. The fraction of sp³-hybridized carbons (Fsp3) is 0.400. The van der Waals surface area contributed by atoms with Gasteiger partial charge in [0, 0.05) is 0 Å². The normalized spacial score (nSPS) is 22.5. The van der Waals surface area contributed by atoms with Crippen LogP contribution in [0.25, 0.3) is 0 Å². The zero-order valence-electron chi connectivity index (χ0n) is 6.33. The molecule has 1 atom stereocenters. The Balaban J connectivity index is 0.00000121. The summed E-state index contributed by atoms with van der Waals surface area (Å²) in [6, 6.07) is 0. The molecule has 0 bridgehead atoms. The van der Waals surface area contributed by atoms with Crippen LogP contribution < -0.4 is 40.0 Å². The summed E-state index contributed by atoms with van der Waals surface area (Å²) in [5.74, 6) is -3.27. The molecule has 12 heavy (non-hydrogen) atoms. The van der Waals surface area contributed by atoms with E-state index in [2.05, 4.69) is 4.74 Å². The second-order valence-electron chi connectivity index (χ2n) is 1.92. The number of carboxylic acid groups (broad SMARTS) is 1. The van der Waals surface area contributed by atoms with Crippen molar-refractivity contribution in [3.63, 3.8) is 0 Å². The number of morpholine rings is 1. The zero-order chi connectivity index (χ0) is 8.43. The summed E-state index contributed by atoms with van der Waals surface area (Å²) in [6.45, 7) is -0.426. The molecule has 1 saturated heterocycles. The van der Waals surface area contributed by atoms with Gasteiger partial charge in [0.15, 0.2) is 6.10 Å². The van der Waals surface area contributed by atoms with E-state index in [1.54, 1.807) is 5.32 Å². The van der Waals surface area contributed by atoms with Crippen molar-refractivity contribution in [1.82, 2.24) is 5.32 Å². The van der Waals surface area contributed by atoms with Gasteiger partial charge < -0.3 is 14.6 Å². The number of ether oxygens (including phenoxy) is 1. The second-order valence-corrected chi connectivity index (χ2v) is 1.92. The second kappa shape index (κ2) is 4.56. The first kappa shape index (κ1) is 11.6. The standard InChI is InChI=1S/C5H5NO5.Na/c7-2-1-11-3(5(9)10)4(8)6-2;/h3H,1H2,(H,9,10)(H,6,7,8);/q;+1/p-1. The number of hydrogen-bond acceptors (Lipinski definition) is 5. The minimum atomic E-state index is -1.66. The molecule has 2 amide bonds. The quantitative estimate of drug-likeness (QED) is 0.246. The summed E-state index contributed by atoms with van der Waals surface area (Å²) in [5, 5.41) is 11.9. The SMILES string of the molecule is O=C1COC(C(=O)[O-])C(=O)N1.[Na+].